The molecule has 1 rings (SSSR count). The van der Waals surface area contributed by atoms with E-state index in [9.17, 15) is 0 Å². The third-order valence-corrected chi connectivity index (χ3v) is 3.44. The first-order chi connectivity index (χ1) is 9.33. The number of hydrogen-bond acceptors (Lipinski definition) is 2. The zero-order valence-electron chi connectivity index (χ0n) is 12.7. The zero-order chi connectivity index (χ0) is 13.9. The monoisotopic (exact) mass is 263 g/mol. The highest BCUT2D eigenvalue weighted by Crippen LogP contribution is 2.21. The van der Waals surface area contributed by atoms with Crippen LogP contribution in [0.2, 0.25) is 0 Å². The Morgan fingerprint density at radius 3 is 2.37 bits per heavy atom. The van der Waals surface area contributed by atoms with Crippen LogP contribution in [0.25, 0.3) is 0 Å². The van der Waals surface area contributed by atoms with Crippen LogP contribution in [0.3, 0.4) is 0 Å². The molecule has 0 aromatic heterocycles. The van der Waals surface area contributed by atoms with Gasteiger partial charge in [-0.1, -0.05) is 63.9 Å². The largest absolute Gasteiger partial charge is 0.376 e. The van der Waals surface area contributed by atoms with E-state index in [-0.39, 0.29) is 6.10 Å². The highest BCUT2D eigenvalue weighted by molar-refractivity contribution is 5.20. The van der Waals surface area contributed by atoms with Crippen molar-refractivity contribution in [3.05, 3.63) is 35.9 Å². The summed E-state index contributed by atoms with van der Waals surface area (Å²) in [6.45, 7) is 8.43. The predicted octanol–water partition coefficient (Wildman–Crippen LogP) is 4.32. The first-order valence-electron chi connectivity index (χ1n) is 7.73. The molecule has 0 saturated carbocycles. The van der Waals surface area contributed by atoms with Crippen LogP contribution < -0.4 is 5.32 Å². The summed E-state index contributed by atoms with van der Waals surface area (Å²) < 4.78 is 6.10. The minimum absolute atomic E-state index is 0.263. The summed E-state index contributed by atoms with van der Waals surface area (Å²) >= 11 is 0. The summed E-state index contributed by atoms with van der Waals surface area (Å²) in [5.41, 5.74) is 1.33. The number of rotatable bonds is 10. The first-order valence-corrected chi connectivity index (χ1v) is 7.73. The van der Waals surface area contributed by atoms with Crippen LogP contribution in [-0.2, 0) is 4.74 Å². The fourth-order valence-electron chi connectivity index (χ4n) is 2.38. The van der Waals surface area contributed by atoms with Crippen molar-refractivity contribution in [2.75, 3.05) is 13.2 Å². The lowest BCUT2D eigenvalue weighted by atomic mass is 9.99. The van der Waals surface area contributed by atoms with E-state index in [0.717, 1.165) is 19.6 Å². The highest BCUT2D eigenvalue weighted by Gasteiger charge is 2.21. The number of benzene rings is 1. The van der Waals surface area contributed by atoms with Gasteiger partial charge in [0.15, 0.2) is 0 Å². The molecule has 0 heterocycles. The van der Waals surface area contributed by atoms with Gasteiger partial charge >= 0.3 is 0 Å². The Morgan fingerprint density at radius 1 is 1.05 bits per heavy atom. The van der Waals surface area contributed by atoms with Gasteiger partial charge in [0, 0.05) is 6.61 Å². The first kappa shape index (κ1) is 16.2. The molecule has 0 spiro atoms. The lowest BCUT2D eigenvalue weighted by molar-refractivity contribution is 0.0216. The molecular formula is C17H29NO. The molecule has 0 amide bonds. The van der Waals surface area contributed by atoms with Gasteiger partial charge in [-0.3, -0.25) is 0 Å². The van der Waals surface area contributed by atoms with Crippen LogP contribution >= 0.6 is 0 Å². The molecule has 1 aromatic carbocycles. The molecule has 1 aromatic rings. The molecule has 0 aliphatic heterocycles. The van der Waals surface area contributed by atoms with Crippen LogP contribution in [0.4, 0.5) is 0 Å². The van der Waals surface area contributed by atoms with Gasteiger partial charge in [0.2, 0.25) is 0 Å². The van der Waals surface area contributed by atoms with Crippen molar-refractivity contribution in [2.24, 2.45) is 0 Å². The van der Waals surface area contributed by atoms with Crippen LogP contribution in [0.5, 0.6) is 0 Å². The second kappa shape index (κ2) is 9.99. The SMILES string of the molecule is CCCCCOC(CC)C(NCC)c1ccccc1. The van der Waals surface area contributed by atoms with Gasteiger partial charge in [-0.15, -0.1) is 0 Å². The van der Waals surface area contributed by atoms with Gasteiger partial charge in [-0.05, 0) is 24.9 Å². The number of likely N-dealkylation sites (N-methyl/N-ethyl adjacent to an activating group) is 1. The minimum Gasteiger partial charge on any atom is -0.376 e. The Labute approximate surface area is 118 Å². The average Bonchev–Trinajstić information content (AvgIpc) is 2.47. The Hall–Kier alpha value is -0.860. The van der Waals surface area contributed by atoms with Gasteiger partial charge in [-0.25, -0.2) is 0 Å². The standard InChI is InChI=1S/C17H29NO/c1-4-7-11-14-19-16(5-2)17(18-6-3)15-12-9-8-10-13-15/h8-10,12-13,16-18H,4-7,11,14H2,1-3H3. The Kier molecular flexibility index (Phi) is 8.52. The van der Waals surface area contributed by atoms with E-state index in [1.807, 2.05) is 0 Å². The molecule has 1 N–H and O–H groups in total. The van der Waals surface area contributed by atoms with Crippen molar-refractivity contribution < 1.29 is 4.74 Å². The molecule has 0 bridgehead atoms. The summed E-state index contributed by atoms with van der Waals surface area (Å²) in [6, 6.07) is 10.9. The molecule has 0 saturated heterocycles. The second-order valence-electron chi connectivity index (χ2n) is 4.97. The van der Waals surface area contributed by atoms with Gasteiger partial charge in [0.1, 0.15) is 0 Å². The van der Waals surface area contributed by atoms with Crippen LogP contribution in [0.1, 0.15) is 58.1 Å². The molecule has 108 valence electrons. The zero-order valence-corrected chi connectivity index (χ0v) is 12.7. The number of unbranched alkanes of at least 4 members (excludes halogenated alkanes) is 2. The summed E-state index contributed by atoms with van der Waals surface area (Å²) in [7, 11) is 0. The maximum atomic E-state index is 6.10. The fourth-order valence-corrected chi connectivity index (χ4v) is 2.38. The lowest BCUT2D eigenvalue weighted by Crippen LogP contribution is -2.33. The van der Waals surface area contributed by atoms with Crippen molar-refractivity contribution in [3.63, 3.8) is 0 Å². The third kappa shape index (κ3) is 5.75. The number of ether oxygens (including phenoxy) is 1. The van der Waals surface area contributed by atoms with Gasteiger partial charge in [0.25, 0.3) is 0 Å². The van der Waals surface area contributed by atoms with Gasteiger partial charge in [-0.2, -0.15) is 0 Å². The van der Waals surface area contributed by atoms with E-state index in [1.54, 1.807) is 0 Å². The van der Waals surface area contributed by atoms with E-state index < -0.39 is 0 Å². The van der Waals surface area contributed by atoms with Crippen molar-refractivity contribution in [1.29, 1.82) is 0 Å². The highest BCUT2D eigenvalue weighted by atomic mass is 16.5. The minimum atomic E-state index is 0.263. The molecule has 0 fully saturated rings. The summed E-state index contributed by atoms with van der Waals surface area (Å²) in [5.74, 6) is 0. The third-order valence-electron chi connectivity index (χ3n) is 3.44. The maximum absolute atomic E-state index is 6.10. The van der Waals surface area contributed by atoms with Crippen LogP contribution in [-0.4, -0.2) is 19.3 Å². The van der Waals surface area contributed by atoms with E-state index >= 15 is 0 Å². The average molecular weight is 263 g/mol. The van der Waals surface area contributed by atoms with E-state index in [1.165, 1.54) is 24.8 Å². The van der Waals surface area contributed by atoms with Crippen molar-refractivity contribution in [3.8, 4) is 0 Å². The quantitative estimate of drug-likeness (QED) is 0.635. The number of hydrogen-bond donors (Lipinski definition) is 1. The Bertz CT molecular complexity index is 312. The van der Waals surface area contributed by atoms with Crippen LogP contribution in [0.15, 0.2) is 30.3 Å². The topological polar surface area (TPSA) is 21.3 Å². The molecule has 0 aliphatic rings. The molecule has 2 unspecified atom stereocenters. The lowest BCUT2D eigenvalue weighted by Gasteiger charge is -2.27. The number of nitrogens with one attached hydrogen (secondary N) is 1. The predicted molar refractivity (Wildman–Crippen MR) is 82.4 cm³/mol. The van der Waals surface area contributed by atoms with Crippen molar-refractivity contribution >= 4 is 0 Å². The molecule has 0 radical (unpaired) electrons. The molecule has 0 aliphatic carbocycles. The molecule has 19 heavy (non-hydrogen) atoms. The summed E-state index contributed by atoms with van der Waals surface area (Å²) in [5, 5.41) is 3.57. The molecule has 2 atom stereocenters. The maximum Gasteiger partial charge on any atom is 0.0767 e. The van der Waals surface area contributed by atoms with Crippen LogP contribution in [0, 0.1) is 0 Å². The second-order valence-corrected chi connectivity index (χ2v) is 4.97. The summed E-state index contributed by atoms with van der Waals surface area (Å²) in [4.78, 5) is 0. The summed E-state index contributed by atoms with van der Waals surface area (Å²) in [6.07, 6.45) is 4.97. The Morgan fingerprint density at radius 2 is 1.79 bits per heavy atom. The smallest absolute Gasteiger partial charge is 0.0767 e. The Balaban J connectivity index is 2.61. The van der Waals surface area contributed by atoms with E-state index in [4.69, 9.17) is 4.74 Å². The fraction of sp³-hybridized carbons (Fsp3) is 0.647. The molecule has 2 heteroatoms. The van der Waals surface area contributed by atoms with Crippen molar-refractivity contribution in [2.45, 2.75) is 58.6 Å². The van der Waals surface area contributed by atoms with Crippen molar-refractivity contribution in [1.82, 2.24) is 5.32 Å². The van der Waals surface area contributed by atoms with E-state index in [2.05, 4.69) is 56.4 Å². The molecular weight excluding hydrogens is 234 g/mol. The molecule has 2 nitrogen and oxygen atoms in total. The van der Waals surface area contributed by atoms with Gasteiger partial charge < -0.3 is 10.1 Å². The van der Waals surface area contributed by atoms with Gasteiger partial charge in [0.05, 0.1) is 12.1 Å². The van der Waals surface area contributed by atoms with E-state index in [0.29, 0.717) is 6.04 Å². The normalized spacial score (nSPS) is 14.3.